The molecule has 1 aliphatic rings. The molecule has 0 unspecified atom stereocenters. The third-order valence-electron chi connectivity index (χ3n) is 4.23. The Kier molecular flexibility index (Phi) is 6.75. The summed E-state index contributed by atoms with van der Waals surface area (Å²) in [4.78, 5) is 38.5. The number of carbonyl (C=O) groups excluding carboxylic acids is 3. The summed E-state index contributed by atoms with van der Waals surface area (Å²) in [6.07, 6.45) is 4.53. The van der Waals surface area contributed by atoms with Gasteiger partial charge in [0.25, 0.3) is 0 Å². The summed E-state index contributed by atoms with van der Waals surface area (Å²) in [6.45, 7) is 6.78. The number of amides is 1. The molecule has 138 valence electrons. The fraction of sp³-hybridized carbons (Fsp3) is 0.611. The highest BCUT2D eigenvalue weighted by atomic mass is 16.5. The summed E-state index contributed by atoms with van der Waals surface area (Å²) >= 11 is 0. The standard InChI is InChI=1S/C18H26N2O5/c1-4-24-18(23)16-15(12(2)21)13(3)25-17(16)19-14(22)11-20-9-7-5-6-8-10-20/h4-11H2,1-3H3,(H,19,22). The highest BCUT2D eigenvalue weighted by molar-refractivity contribution is 6.10. The van der Waals surface area contributed by atoms with Crippen molar-refractivity contribution in [1.82, 2.24) is 4.90 Å². The van der Waals surface area contributed by atoms with Crippen LogP contribution in [0.3, 0.4) is 0 Å². The van der Waals surface area contributed by atoms with E-state index in [1.165, 1.54) is 19.8 Å². The molecular formula is C18H26N2O5. The van der Waals surface area contributed by atoms with E-state index >= 15 is 0 Å². The Balaban J connectivity index is 2.17. The van der Waals surface area contributed by atoms with Gasteiger partial charge < -0.3 is 9.15 Å². The fourth-order valence-electron chi connectivity index (χ4n) is 3.12. The molecule has 1 saturated heterocycles. The van der Waals surface area contributed by atoms with Crippen LogP contribution in [-0.2, 0) is 9.53 Å². The molecule has 0 atom stereocenters. The van der Waals surface area contributed by atoms with Crippen molar-refractivity contribution in [2.45, 2.75) is 46.5 Å². The van der Waals surface area contributed by atoms with Crippen molar-refractivity contribution in [3.05, 3.63) is 16.9 Å². The van der Waals surface area contributed by atoms with E-state index in [0.29, 0.717) is 5.76 Å². The smallest absolute Gasteiger partial charge is 0.344 e. The van der Waals surface area contributed by atoms with E-state index in [-0.39, 0.29) is 41.9 Å². The fourth-order valence-corrected chi connectivity index (χ4v) is 3.12. The zero-order chi connectivity index (χ0) is 18.4. The Morgan fingerprint density at radius 3 is 2.32 bits per heavy atom. The quantitative estimate of drug-likeness (QED) is 0.627. The molecule has 25 heavy (non-hydrogen) atoms. The van der Waals surface area contributed by atoms with Gasteiger partial charge in [0.15, 0.2) is 5.78 Å². The zero-order valence-electron chi connectivity index (χ0n) is 15.1. The van der Waals surface area contributed by atoms with E-state index < -0.39 is 5.97 Å². The van der Waals surface area contributed by atoms with Crippen LogP contribution in [0.4, 0.5) is 5.88 Å². The molecule has 0 aliphatic carbocycles. The first-order valence-electron chi connectivity index (χ1n) is 8.77. The molecule has 2 heterocycles. The van der Waals surface area contributed by atoms with Gasteiger partial charge in [-0.2, -0.15) is 0 Å². The minimum atomic E-state index is -0.672. The Bertz CT molecular complexity index is 642. The molecular weight excluding hydrogens is 324 g/mol. The molecule has 0 aromatic carbocycles. The molecule has 0 radical (unpaired) electrons. The molecule has 0 saturated carbocycles. The first-order valence-corrected chi connectivity index (χ1v) is 8.77. The number of likely N-dealkylation sites (tertiary alicyclic amines) is 1. The maximum absolute atomic E-state index is 12.4. The van der Waals surface area contributed by atoms with Crippen molar-refractivity contribution in [2.75, 3.05) is 31.6 Å². The summed E-state index contributed by atoms with van der Waals surface area (Å²) in [5.41, 5.74) is 0.152. The van der Waals surface area contributed by atoms with E-state index in [2.05, 4.69) is 10.2 Å². The number of anilines is 1. The number of Topliss-reactive ketones (excluding diaryl/α,β-unsaturated/α-hetero) is 1. The number of ether oxygens (including phenoxy) is 1. The average molecular weight is 350 g/mol. The van der Waals surface area contributed by atoms with Crippen LogP contribution in [0.15, 0.2) is 4.42 Å². The Hall–Kier alpha value is -2.15. The van der Waals surface area contributed by atoms with E-state index in [1.807, 2.05) is 0 Å². The second kappa shape index (κ2) is 8.80. The number of hydrogen-bond acceptors (Lipinski definition) is 6. The highest BCUT2D eigenvalue weighted by Crippen LogP contribution is 2.28. The SMILES string of the molecule is CCOC(=O)c1c(NC(=O)CN2CCCCCC2)oc(C)c1C(C)=O. The van der Waals surface area contributed by atoms with Gasteiger partial charge in [-0.25, -0.2) is 4.79 Å². The van der Waals surface area contributed by atoms with Gasteiger partial charge in [-0.1, -0.05) is 12.8 Å². The predicted molar refractivity (Wildman–Crippen MR) is 92.9 cm³/mol. The maximum atomic E-state index is 12.4. The summed E-state index contributed by atoms with van der Waals surface area (Å²) in [6, 6.07) is 0. The largest absolute Gasteiger partial charge is 0.462 e. The Labute approximate surface area is 147 Å². The Morgan fingerprint density at radius 1 is 1.12 bits per heavy atom. The molecule has 1 N–H and O–H groups in total. The van der Waals surface area contributed by atoms with Crippen molar-refractivity contribution >= 4 is 23.5 Å². The number of hydrogen-bond donors (Lipinski definition) is 1. The van der Waals surface area contributed by atoms with Crippen molar-refractivity contribution < 1.29 is 23.5 Å². The summed E-state index contributed by atoms with van der Waals surface area (Å²) in [5, 5.41) is 2.63. The van der Waals surface area contributed by atoms with Gasteiger partial charge in [-0.3, -0.25) is 19.8 Å². The summed E-state index contributed by atoms with van der Waals surface area (Å²) < 4.78 is 10.5. The number of furan rings is 1. The zero-order valence-corrected chi connectivity index (χ0v) is 15.1. The van der Waals surface area contributed by atoms with Gasteiger partial charge in [-0.15, -0.1) is 0 Å². The number of rotatable bonds is 6. The molecule has 7 heteroatoms. The number of esters is 1. The molecule has 1 amide bonds. The van der Waals surface area contributed by atoms with E-state index in [4.69, 9.17) is 9.15 Å². The third-order valence-corrected chi connectivity index (χ3v) is 4.23. The molecule has 7 nitrogen and oxygen atoms in total. The monoisotopic (exact) mass is 350 g/mol. The number of nitrogens with one attached hydrogen (secondary N) is 1. The summed E-state index contributed by atoms with van der Waals surface area (Å²) in [5.74, 6) is -0.968. The van der Waals surface area contributed by atoms with Crippen molar-refractivity contribution in [2.24, 2.45) is 0 Å². The van der Waals surface area contributed by atoms with Gasteiger partial charge >= 0.3 is 5.97 Å². The first-order chi connectivity index (χ1) is 11.9. The minimum Gasteiger partial charge on any atom is -0.462 e. The number of ketones is 1. The lowest BCUT2D eigenvalue weighted by Crippen LogP contribution is -2.34. The van der Waals surface area contributed by atoms with Crippen LogP contribution in [0.5, 0.6) is 0 Å². The maximum Gasteiger partial charge on any atom is 0.344 e. The number of aryl methyl sites for hydroxylation is 1. The lowest BCUT2D eigenvalue weighted by atomic mass is 10.1. The van der Waals surface area contributed by atoms with E-state index in [0.717, 1.165) is 25.9 Å². The van der Waals surface area contributed by atoms with Crippen LogP contribution in [0, 0.1) is 6.92 Å². The predicted octanol–water partition coefficient (Wildman–Crippen LogP) is 2.78. The van der Waals surface area contributed by atoms with E-state index in [1.54, 1.807) is 13.8 Å². The van der Waals surface area contributed by atoms with Crippen LogP contribution >= 0.6 is 0 Å². The minimum absolute atomic E-state index is 0.00364. The van der Waals surface area contributed by atoms with Gasteiger partial charge in [0.05, 0.1) is 18.7 Å². The summed E-state index contributed by atoms with van der Waals surface area (Å²) in [7, 11) is 0. The molecule has 1 aliphatic heterocycles. The normalized spacial score (nSPS) is 15.5. The van der Waals surface area contributed by atoms with Crippen LogP contribution in [0.25, 0.3) is 0 Å². The lowest BCUT2D eigenvalue weighted by molar-refractivity contribution is -0.117. The lowest BCUT2D eigenvalue weighted by Gasteiger charge is -2.18. The molecule has 1 aromatic rings. The van der Waals surface area contributed by atoms with Crippen molar-refractivity contribution in [3.63, 3.8) is 0 Å². The van der Waals surface area contributed by atoms with E-state index in [9.17, 15) is 14.4 Å². The highest BCUT2D eigenvalue weighted by Gasteiger charge is 2.29. The second-order valence-electron chi connectivity index (χ2n) is 6.25. The Morgan fingerprint density at radius 2 is 1.76 bits per heavy atom. The average Bonchev–Trinajstić information content (AvgIpc) is 2.70. The van der Waals surface area contributed by atoms with Gasteiger partial charge in [0.2, 0.25) is 11.8 Å². The van der Waals surface area contributed by atoms with Gasteiger partial charge in [-0.05, 0) is 46.7 Å². The third kappa shape index (κ3) is 4.92. The molecule has 0 spiro atoms. The number of nitrogens with zero attached hydrogens (tertiary/aromatic N) is 1. The second-order valence-corrected chi connectivity index (χ2v) is 6.25. The van der Waals surface area contributed by atoms with Crippen molar-refractivity contribution in [3.8, 4) is 0 Å². The molecule has 2 rings (SSSR count). The van der Waals surface area contributed by atoms with Crippen molar-refractivity contribution in [1.29, 1.82) is 0 Å². The van der Waals surface area contributed by atoms with Gasteiger partial charge in [0.1, 0.15) is 11.3 Å². The first kappa shape index (κ1) is 19.2. The molecule has 1 fully saturated rings. The van der Waals surface area contributed by atoms with Crippen LogP contribution in [0.2, 0.25) is 0 Å². The van der Waals surface area contributed by atoms with Crippen LogP contribution in [-0.4, -0.2) is 48.8 Å². The van der Waals surface area contributed by atoms with Crippen LogP contribution < -0.4 is 5.32 Å². The number of carbonyl (C=O) groups is 3. The van der Waals surface area contributed by atoms with Gasteiger partial charge in [0, 0.05) is 0 Å². The molecule has 1 aromatic heterocycles. The molecule has 0 bridgehead atoms. The van der Waals surface area contributed by atoms with Crippen LogP contribution in [0.1, 0.15) is 66.0 Å². The topological polar surface area (TPSA) is 88.8 Å².